The number of hydrogen-bond donors (Lipinski definition) is 2. The van der Waals surface area contributed by atoms with Crippen molar-refractivity contribution < 1.29 is 31.9 Å². The molecular formula is C13H14F4N2O3. The van der Waals surface area contributed by atoms with Crippen LogP contribution in [0, 0.1) is 5.82 Å². The molecule has 0 saturated carbocycles. The molecule has 2 amide bonds. The van der Waals surface area contributed by atoms with Crippen LogP contribution in [0.1, 0.15) is 13.3 Å². The second-order valence-corrected chi connectivity index (χ2v) is 4.34. The summed E-state index contributed by atoms with van der Waals surface area (Å²) in [6.07, 6.45) is -4.73. The van der Waals surface area contributed by atoms with Gasteiger partial charge in [0.05, 0.1) is 18.7 Å². The average Bonchev–Trinajstić information content (AvgIpc) is 2.37. The van der Waals surface area contributed by atoms with E-state index in [1.54, 1.807) is 0 Å². The summed E-state index contributed by atoms with van der Waals surface area (Å²) >= 11 is 0. The molecule has 122 valence electrons. The molecule has 22 heavy (non-hydrogen) atoms. The van der Waals surface area contributed by atoms with Crippen LogP contribution in [-0.4, -0.2) is 31.2 Å². The van der Waals surface area contributed by atoms with Crippen LogP contribution >= 0.6 is 0 Å². The van der Waals surface area contributed by atoms with Crippen LogP contribution in [-0.2, 0) is 14.3 Å². The minimum absolute atomic E-state index is 0.112. The summed E-state index contributed by atoms with van der Waals surface area (Å²) in [6, 6.07) is 3.50. The van der Waals surface area contributed by atoms with E-state index in [0.717, 1.165) is 6.07 Å². The normalized spacial score (nSPS) is 11.1. The molecule has 0 aliphatic carbocycles. The molecule has 0 aliphatic heterocycles. The summed E-state index contributed by atoms with van der Waals surface area (Å²) in [4.78, 5) is 22.4. The molecule has 9 heteroatoms. The molecule has 0 bridgehead atoms. The van der Waals surface area contributed by atoms with Gasteiger partial charge in [0.2, 0.25) is 11.8 Å². The summed E-state index contributed by atoms with van der Waals surface area (Å²) in [5.74, 6) is -1.76. The number of carbonyl (C=O) groups is 2. The van der Waals surface area contributed by atoms with Crippen LogP contribution in [0.5, 0.6) is 0 Å². The van der Waals surface area contributed by atoms with Gasteiger partial charge < -0.3 is 15.4 Å². The van der Waals surface area contributed by atoms with Crippen molar-refractivity contribution in [3.63, 3.8) is 0 Å². The van der Waals surface area contributed by atoms with E-state index in [-0.39, 0.29) is 17.8 Å². The molecule has 0 spiro atoms. The Morgan fingerprint density at radius 1 is 1.23 bits per heavy atom. The van der Waals surface area contributed by atoms with E-state index in [1.165, 1.54) is 19.1 Å². The highest BCUT2D eigenvalue weighted by Crippen LogP contribution is 2.20. The predicted octanol–water partition coefficient (Wildman–Crippen LogP) is 2.69. The molecule has 0 fully saturated rings. The Labute approximate surface area is 123 Å². The fourth-order valence-corrected chi connectivity index (χ4v) is 1.46. The smallest absolute Gasteiger partial charge is 0.372 e. The van der Waals surface area contributed by atoms with Gasteiger partial charge in [-0.25, -0.2) is 4.39 Å². The summed E-state index contributed by atoms with van der Waals surface area (Å²) in [5, 5.41) is 4.60. The Kier molecular flexibility index (Phi) is 6.29. The van der Waals surface area contributed by atoms with Gasteiger partial charge in [0.15, 0.2) is 0 Å². The first-order valence-corrected chi connectivity index (χ1v) is 6.19. The second-order valence-electron chi connectivity index (χ2n) is 4.34. The van der Waals surface area contributed by atoms with Crippen LogP contribution in [0.4, 0.5) is 28.9 Å². The lowest BCUT2D eigenvalue weighted by Crippen LogP contribution is -2.20. The monoisotopic (exact) mass is 322 g/mol. The van der Waals surface area contributed by atoms with Gasteiger partial charge in [0.1, 0.15) is 12.4 Å². The Morgan fingerprint density at radius 2 is 1.91 bits per heavy atom. The number of alkyl halides is 3. The zero-order valence-corrected chi connectivity index (χ0v) is 11.6. The summed E-state index contributed by atoms with van der Waals surface area (Å²) < 4.78 is 53.1. The van der Waals surface area contributed by atoms with Gasteiger partial charge >= 0.3 is 6.18 Å². The SMILES string of the molecule is CC(=O)Nc1cc(NC(=O)CCOCC(F)(F)F)ccc1F. The first-order chi connectivity index (χ1) is 10.2. The maximum Gasteiger partial charge on any atom is 0.411 e. The van der Waals surface area contributed by atoms with Gasteiger partial charge in [0.25, 0.3) is 0 Å². The molecule has 0 aromatic heterocycles. The van der Waals surface area contributed by atoms with Crippen molar-refractivity contribution in [3.8, 4) is 0 Å². The maximum atomic E-state index is 13.4. The Hall–Kier alpha value is -2.16. The van der Waals surface area contributed by atoms with Gasteiger partial charge in [-0.3, -0.25) is 9.59 Å². The summed E-state index contributed by atoms with van der Waals surface area (Å²) in [6.45, 7) is -0.628. The van der Waals surface area contributed by atoms with Gasteiger partial charge in [-0.05, 0) is 18.2 Å². The fraction of sp³-hybridized carbons (Fsp3) is 0.385. The lowest BCUT2D eigenvalue weighted by atomic mass is 10.2. The second kappa shape index (κ2) is 7.74. The Balaban J connectivity index is 2.49. The van der Waals surface area contributed by atoms with E-state index in [1.807, 2.05) is 0 Å². The molecule has 0 radical (unpaired) electrons. The molecule has 0 unspecified atom stereocenters. The predicted molar refractivity (Wildman–Crippen MR) is 70.8 cm³/mol. The van der Waals surface area contributed by atoms with Crippen molar-refractivity contribution in [2.24, 2.45) is 0 Å². The number of halogens is 4. The number of nitrogens with one attached hydrogen (secondary N) is 2. The molecule has 0 saturated heterocycles. The lowest BCUT2D eigenvalue weighted by molar-refractivity contribution is -0.174. The number of carbonyl (C=O) groups excluding carboxylic acids is 2. The first-order valence-electron chi connectivity index (χ1n) is 6.19. The highest BCUT2D eigenvalue weighted by Gasteiger charge is 2.27. The number of benzene rings is 1. The molecule has 5 nitrogen and oxygen atoms in total. The summed E-state index contributed by atoms with van der Waals surface area (Å²) in [5.41, 5.74) is 0.0876. The Bertz CT molecular complexity index is 547. The standard InChI is InChI=1S/C13H14F4N2O3/c1-8(20)18-11-6-9(2-3-10(11)14)19-12(21)4-5-22-7-13(15,16)17/h2-3,6H,4-5,7H2,1H3,(H,18,20)(H,19,21). The van der Waals surface area contributed by atoms with Gasteiger partial charge in [-0.1, -0.05) is 0 Å². The molecule has 2 N–H and O–H groups in total. The minimum atomic E-state index is -4.44. The highest BCUT2D eigenvalue weighted by molar-refractivity contribution is 5.93. The van der Waals surface area contributed by atoms with Crippen molar-refractivity contribution in [1.82, 2.24) is 0 Å². The highest BCUT2D eigenvalue weighted by atomic mass is 19.4. The first kappa shape index (κ1) is 17.9. The average molecular weight is 322 g/mol. The maximum absolute atomic E-state index is 13.4. The molecule has 0 atom stereocenters. The van der Waals surface area contributed by atoms with Crippen LogP contribution in [0.2, 0.25) is 0 Å². The molecule has 1 aromatic carbocycles. The third-order valence-electron chi connectivity index (χ3n) is 2.30. The molecule has 1 aromatic rings. The zero-order valence-electron chi connectivity index (χ0n) is 11.6. The lowest BCUT2D eigenvalue weighted by Gasteiger charge is -2.10. The molecular weight excluding hydrogens is 308 g/mol. The largest absolute Gasteiger partial charge is 0.411 e. The number of rotatable bonds is 6. The number of hydrogen-bond acceptors (Lipinski definition) is 3. The third kappa shape index (κ3) is 7.02. The summed E-state index contributed by atoms with van der Waals surface area (Å²) in [7, 11) is 0. The molecule has 1 rings (SSSR count). The van der Waals surface area contributed by atoms with Crippen molar-refractivity contribution in [2.45, 2.75) is 19.5 Å². The Morgan fingerprint density at radius 3 is 2.50 bits per heavy atom. The van der Waals surface area contributed by atoms with E-state index < -0.39 is 37.0 Å². The van der Waals surface area contributed by atoms with E-state index in [0.29, 0.717) is 0 Å². The van der Waals surface area contributed by atoms with Crippen molar-refractivity contribution >= 4 is 23.2 Å². The molecule has 0 aliphatic rings. The van der Waals surface area contributed by atoms with Gasteiger partial charge in [-0.15, -0.1) is 0 Å². The zero-order chi connectivity index (χ0) is 16.8. The van der Waals surface area contributed by atoms with Crippen LogP contribution in [0.25, 0.3) is 0 Å². The van der Waals surface area contributed by atoms with Crippen LogP contribution in [0.3, 0.4) is 0 Å². The van der Waals surface area contributed by atoms with Crippen LogP contribution in [0.15, 0.2) is 18.2 Å². The van der Waals surface area contributed by atoms with E-state index >= 15 is 0 Å². The van der Waals surface area contributed by atoms with Crippen molar-refractivity contribution in [3.05, 3.63) is 24.0 Å². The number of anilines is 2. The van der Waals surface area contributed by atoms with Gasteiger partial charge in [0, 0.05) is 12.6 Å². The minimum Gasteiger partial charge on any atom is -0.372 e. The van der Waals surface area contributed by atoms with Gasteiger partial charge in [-0.2, -0.15) is 13.2 Å². The number of ether oxygens (including phenoxy) is 1. The fourth-order valence-electron chi connectivity index (χ4n) is 1.46. The van der Waals surface area contributed by atoms with E-state index in [9.17, 15) is 27.2 Å². The van der Waals surface area contributed by atoms with Crippen molar-refractivity contribution in [1.29, 1.82) is 0 Å². The molecule has 0 heterocycles. The number of amides is 2. The van der Waals surface area contributed by atoms with E-state index in [2.05, 4.69) is 15.4 Å². The third-order valence-corrected chi connectivity index (χ3v) is 2.30. The van der Waals surface area contributed by atoms with Crippen LogP contribution < -0.4 is 10.6 Å². The van der Waals surface area contributed by atoms with Crippen molar-refractivity contribution in [2.75, 3.05) is 23.8 Å². The topological polar surface area (TPSA) is 67.4 Å². The van der Waals surface area contributed by atoms with E-state index in [4.69, 9.17) is 0 Å². The quantitative estimate of drug-likeness (QED) is 0.625.